The molecule has 0 bridgehead atoms. The molecule has 0 aliphatic carbocycles. The lowest BCUT2D eigenvalue weighted by Gasteiger charge is -2.20. The molecule has 0 atom stereocenters. The van der Waals surface area contributed by atoms with Crippen LogP contribution in [-0.2, 0) is 11.3 Å². The van der Waals surface area contributed by atoms with Crippen LogP contribution in [-0.4, -0.2) is 23.9 Å². The lowest BCUT2D eigenvalue weighted by Crippen LogP contribution is -2.29. The van der Waals surface area contributed by atoms with Crippen LogP contribution in [0.4, 0.5) is 0 Å². The Balaban J connectivity index is 2.00. The molecule has 3 nitrogen and oxygen atoms in total. The van der Waals surface area contributed by atoms with E-state index in [9.17, 15) is 4.79 Å². The second-order valence-electron chi connectivity index (χ2n) is 4.83. The van der Waals surface area contributed by atoms with Crippen LogP contribution in [0.25, 0.3) is 0 Å². The van der Waals surface area contributed by atoms with Crippen LogP contribution in [0.1, 0.15) is 36.8 Å². The first-order chi connectivity index (χ1) is 9.29. The van der Waals surface area contributed by atoms with Crippen LogP contribution in [0.2, 0.25) is 0 Å². The maximum absolute atomic E-state index is 11.9. The summed E-state index contributed by atoms with van der Waals surface area (Å²) in [5.74, 6) is 6.11. The molecule has 2 rings (SSSR count). The van der Waals surface area contributed by atoms with Gasteiger partial charge in [0, 0.05) is 25.1 Å². The predicted octanol–water partition coefficient (Wildman–Crippen LogP) is 1.90. The maximum atomic E-state index is 11.9. The monoisotopic (exact) mass is 256 g/mol. The van der Waals surface area contributed by atoms with Gasteiger partial charge in [-0.1, -0.05) is 30.4 Å². The Morgan fingerprint density at radius 2 is 1.95 bits per heavy atom. The van der Waals surface area contributed by atoms with Crippen LogP contribution in [0.3, 0.4) is 0 Å². The van der Waals surface area contributed by atoms with Crippen molar-refractivity contribution in [3.8, 4) is 11.8 Å². The van der Waals surface area contributed by atoms with E-state index in [1.54, 1.807) is 0 Å². The number of hydrogen-bond donors (Lipinski definition) is 1. The van der Waals surface area contributed by atoms with Crippen LogP contribution < -0.4 is 5.73 Å². The predicted molar refractivity (Wildman–Crippen MR) is 76.3 cm³/mol. The maximum Gasteiger partial charge on any atom is 0.222 e. The van der Waals surface area contributed by atoms with Gasteiger partial charge in [-0.2, -0.15) is 0 Å². The molecular weight excluding hydrogens is 236 g/mol. The Morgan fingerprint density at radius 3 is 2.68 bits per heavy atom. The molecule has 1 fully saturated rings. The molecule has 19 heavy (non-hydrogen) atoms. The van der Waals surface area contributed by atoms with Crippen LogP contribution in [0, 0.1) is 11.8 Å². The fourth-order valence-corrected chi connectivity index (χ4v) is 2.27. The fourth-order valence-electron chi connectivity index (χ4n) is 2.27. The van der Waals surface area contributed by atoms with Gasteiger partial charge >= 0.3 is 0 Å². The first-order valence-corrected chi connectivity index (χ1v) is 6.85. The number of nitrogens with two attached hydrogens (primary N) is 1. The van der Waals surface area contributed by atoms with Gasteiger partial charge in [-0.05, 0) is 30.5 Å². The molecule has 1 aromatic rings. The van der Waals surface area contributed by atoms with E-state index >= 15 is 0 Å². The van der Waals surface area contributed by atoms with Crippen LogP contribution in [0.5, 0.6) is 0 Å². The molecule has 100 valence electrons. The quantitative estimate of drug-likeness (QED) is 0.821. The first-order valence-electron chi connectivity index (χ1n) is 6.85. The van der Waals surface area contributed by atoms with Gasteiger partial charge in [0.1, 0.15) is 0 Å². The lowest BCUT2D eigenvalue weighted by atomic mass is 10.1. The third-order valence-electron chi connectivity index (χ3n) is 3.33. The van der Waals surface area contributed by atoms with E-state index in [1.807, 2.05) is 29.2 Å². The summed E-state index contributed by atoms with van der Waals surface area (Å²) in [5.41, 5.74) is 7.47. The van der Waals surface area contributed by atoms with Crippen molar-refractivity contribution >= 4 is 5.91 Å². The van der Waals surface area contributed by atoms with Crippen molar-refractivity contribution in [3.63, 3.8) is 0 Å². The average molecular weight is 256 g/mol. The molecule has 0 saturated carbocycles. The van der Waals surface area contributed by atoms with Crippen molar-refractivity contribution in [1.82, 2.24) is 4.90 Å². The number of amides is 1. The first kappa shape index (κ1) is 13.6. The van der Waals surface area contributed by atoms with E-state index in [0.717, 1.165) is 36.9 Å². The Bertz CT molecular complexity index is 482. The summed E-state index contributed by atoms with van der Waals surface area (Å²) in [5, 5.41) is 0. The Kier molecular flexibility index (Phi) is 5.00. The van der Waals surface area contributed by atoms with Gasteiger partial charge in [0.15, 0.2) is 0 Å². The van der Waals surface area contributed by atoms with Gasteiger partial charge in [0.05, 0.1) is 6.54 Å². The number of hydrogen-bond acceptors (Lipinski definition) is 2. The highest BCUT2D eigenvalue weighted by molar-refractivity contribution is 5.76. The second-order valence-corrected chi connectivity index (χ2v) is 4.83. The molecule has 0 aromatic heterocycles. The third-order valence-corrected chi connectivity index (χ3v) is 3.33. The van der Waals surface area contributed by atoms with E-state index in [1.165, 1.54) is 0 Å². The van der Waals surface area contributed by atoms with Gasteiger partial charge in [0.2, 0.25) is 5.91 Å². The number of carbonyl (C=O) groups excluding carboxylic acids is 1. The smallest absolute Gasteiger partial charge is 0.222 e. The summed E-state index contributed by atoms with van der Waals surface area (Å²) < 4.78 is 0. The molecule has 2 N–H and O–H groups in total. The van der Waals surface area contributed by atoms with Gasteiger partial charge in [-0.3, -0.25) is 4.79 Å². The summed E-state index contributed by atoms with van der Waals surface area (Å²) in [6, 6.07) is 8.05. The zero-order valence-electron chi connectivity index (χ0n) is 11.2. The Labute approximate surface area is 114 Å². The number of benzene rings is 1. The number of carbonyl (C=O) groups is 1. The molecule has 0 spiro atoms. The average Bonchev–Trinajstić information content (AvgIpc) is 2.63. The summed E-state index contributed by atoms with van der Waals surface area (Å²) >= 11 is 0. The molecule has 0 unspecified atom stereocenters. The molecule has 1 heterocycles. The van der Waals surface area contributed by atoms with Crippen molar-refractivity contribution in [2.24, 2.45) is 5.73 Å². The van der Waals surface area contributed by atoms with Crippen molar-refractivity contribution < 1.29 is 4.79 Å². The van der Waals surface area contributed by atoms with Crippen LogP contribution >= 0.6 is 0 Å². The Hall–Kier alpha value is -1.79. The van der Waals surface area contributed by atoms with Crippen LogP contribution in [0.15, 0.2) is 24.3 Å². The van der Waals surface area contributed by atoms with E-state index in [-0.39, 0.29) is 5.91 Å². The molecule has 3 heteroatoms. The SMILES string of the molecule is NCC#Cc1ccc(CN2CCCCCC2=O)cc1. The number of likely N-dealkylation sites (tertiary alicyclic amines) is 1. The van der Waals surface area contributed by atoms with Crippen molar-refractivity contribution in [2.75, 3.05) is 13.1 Å². The van der Waals surface area contributed by atoms with Crippen molar-refractivity contribution in [3.05, 3.63) is 35.4 Å². The summed E-state index contributed by atoms with van der Waals surface area (Å²) in [7, 11) is 0. The van der Waals surface area contributed by atoms with E-state index in [0.29, 0.717) is 19.5 Å². The minimum atomic E-state index is 0.282. The highest BCUT2D eigenvalue weighted by Crippen LogP contribution is 2.14. The van der Waals surface area contributed by atoms with Gasteiger partial charge in [-0.25, -0.2) is 0 Å². The van der Waals surface area contributed by atoms with E-state index < -0.39 is 0 Å². The Morgan fingerprint density at radius 1 is 1.16 bits per heavy atom. The minimum Gasteiger partial charge on any atom is -0.338 e. The zero-order valence-corrected chi connectivity index (χ0v) is 11.2. The summed E-state index contributed by atoms with van der Waals surface area (Å²) in [6.45, 7) is 1.97. The molecule has 1 aliphatic heterocycles. The third kappa shape index (κ3) is 4.11. The molecule has 1 saturated heterocycles. The summed E-state index contributed by atoms with van der Waals surface area (Å²) in [6.07, 6.45) is 4.00. The molecule has 1 amide bonds. The largest absolute Gasteiger partial charge is 0.338 e. The second kappa shape index (κ2) is 6.96. The molecule has 1 aliphatic rings. The topological polar surface area (TPSA) is 46.3 Å². The van der Waals surface area contributed by atoms with Crippen molar-refractivity contribution in [1.29, 1.82) is 0 Å². The number of nitrogens with zero attached hydrogens (tertiary/aromatic N) is 1. The van der Waals surface area contributed by atoms with Gasteiger partial charge in [0.25, 0.3) is 0 Å². The normalized spacial score (nSPS) is 15.6. The summed E-state index contributed by atoms with van der Waals surface area (Å²) in [4.78, 5) is 13.9. The highest BCUT2D eigenvalue weighted by atomic mass is 16.2. The highest BCUT2D eigenvalue weighted by Gasteiger charge is 2.16. The molecule has 1 aromatic carbocycles. The zero-order chi connectivity index (χ0) is 13.5. The molecular formula is C16H20N2O. The number of rotatable bonds is 2. The van der Waals surface area contributed by atoms with Gasteiger partial charge < -0.3 is 10.6 Å². The lowest BCUT2D eigenvalue weighted by molar-refractivity contribution is -0.131. The minimum absolute atomic E-state index is 0.282. The van der Waals surface area contributed by atoms with Crippen molar-refractivity contribution in [2.45, 2.75) is 32.2 Å². The fraction of sp³-hybridized carbons (Fsp3) is 0.438. The van der Waals surface area contributed by atoms with Gasteiger partial charge in [-0.15, -0.1) is 0 Å². The standard InChI is InChI=1S/C16H20N2O/c17-11-4-5-14-7-9-15(10-8-14)13-18-12-3-1-2-6-16(18)19/h7-10H,1-3,6,11-13,17H2. The van der Waals surface area contributed by atoms with E-state index in [2.05, 4.69) is 11.8 Å². The van der Waals surface area contributed by atoms with E-state index in [4.69, 9.17) is 5.73 Å². The molecule has 0 radical (unpaired) electrons.